The van der Waals surface area contributed by atoms with Gasteiger partial charge in [-0.1, -0.05) is 0 Å². The van der Waals surface area contributed by atoms with E-state index < -0.39 is 17.8 Å². The number of piperazine rings is 1. The number of nitrogens with zero attached hydrogens (tertiary/aromatic N) is 3. The zero-order valence-electron chi connectivity index (χ0n) is 11.1. The normalized spacial score (nSPS) is 27.1. The Hall–Kier alpha value is -1.34. The van der Waals surface area contributed by atoms with Crippen molar-refractivity contribution in [1.29, 1.82) is 0 Å². The van der Waals surface area contributed by atoms with Gasteiger partial charge >= 0.3 is 6.18 Å². The maximum Gasteiger partial charge on any atom is 0.417 e. The predicted octanol–water partition coefficient (Wildman–Crippen LogP) is 1.66. The molecule has 1 saturated heterocycles. The standard InChI is InChI=1S/C13H16F3N3O/c1-18-2-3-19-9(7-18)5-11(20)10-4-8(13(14,15)16)6-17-12(10)19/h4,6,9,11,20H,2-3,5,7H2,1H3. The molecule has 1 aromatic rings. The number of likely N-dealkylation sites (N-methyl/N-ethyl adjacent to an activating group) is 1. The Labute approximate surface area is 114 Å². The van der Waals surface area contributed by atoms with Crippen molar-refractivity contribution in [2.45, 2.75) is 24.7 Å². The average Bonchev–Trinajstić information content (AvgIpc) is 2.37. The SMILES string of the molecule is CN1CCN2c3ncc(C(F)(F)F)cc3C(O)CC2C1. The first-order valence-corrected chi connectivity index (χ1v) is 6.56. The lowest BCUT2D eigenvalue weighted by atomic mass is 9.93. The van der Waals surface area contributed by atoms with E-state index in [0.29, 0.717) is 17.8 Å². The van der Waals surface area contributed by atoms with Crippen LogP contribution in [0, 0.1) is 0 Å². The van der Waals surface area contributed by atoms with Crippen molar-refractivity contribution >= 4 is 5.82 Å². The van der Waals surface area contributed by atoms with Gasteiger partial charge < -0.3 is 14.9 Å². The van der Waals surface area contributed by atoms with Crippen LogP contribution in [-0.4, -0.2) is 47.7 Å². The molecule has 0 bridgehead atoms. The molecule has 1 aromatic heterocycles. The molecule has 0 amide bonds. The van der Waals surface area contributed by atoms with E-state index >= 15 is 0 Å². The molecular formula is C13H16F3N3O. The molecule has 2 aliphatic rings. The summed E-state index contributed by atoms with van der Waals surface area (Å²) in [6, 6.07) is 1.14. The molecule has 0 spiro atoms. The van der Waals surface area contributed by atoms with Gasteiger partial charge in [0.15, 0.2) is 0 Å². The van der Waals surface area contributed by atoms with Crippen molar-refractivity contribution < 1.29 is 18.3 Å². The smallest absolute Gasteiger partial charge is 0.388 e. The number of hydrogen-bond donors (Lipinski definition) is 1. The minimum absolute atomic E-state index is 0.112. The molecule has 3 heterocycles. The lowest BCUT2D eigenvalue weighted by Gasteiger charge is -2.45. The summed E-state index contributed by atoms with van der Waals surface area (Å²) >= 11 is 0. The van der Waals surface area contributed by atoms with Gasteiger partial charge in [0.05, 0.1) is 11.7 Å². The third-order valence-corrected chi connectivity index (χ3v) is 4.03. The Morgan fingerprint density at radius 2 is 2.10 bits per heavy atom. The third kappa shape index (κ3) is 2.25. The Morgan fingerprint density at radius 3 is 2.80 bits per heavy atom. The third-order valence-electron chi connectivity index (χ3n) is 4.03. The minimum atomic E-state index is -4.43. The van der Waals surface area contributed by atoms with Crippen molar-refractivity contribution in [3.05, 3.63) is 23.4 Å². The van der Waals surface area contributed by atoms with Crippen LogP contribution in [0.5, 0.6) is 0 Å². The van der Waals surface area contributed by atoms with Crippen LogP contribution >= 0.6 is 0 Å². The lowest BCUT2D eigenvalue weighted by Crippen LogP contribution is -2.54. The van der Waals surface area contributed by atoms with Crippen LogP contribution in [0.2, 0.25) is 0 Å². The largest absolute Gasteiger partial charge is 0.417 e. The van der Waals surface area contributed by atoms with Gasteiger partial charge in [0.1, 0.15) is 5.82 Å². The Bertz CT molecular complexity index is 520. The fraction of sp³-hybridized carbons (Fsp3) is 0.615. The first-order chi connectivity index (χ1) is 9.36. The molecule has 7 heteroatoms. The minimum Gasteiger partial charge on any atom is -0.388 e. The second kappa shape index (κ2) is 4.60. The number of hydrogen-bond acceptors (Lipinski definition) is 4. The molecular weight excluding hydrogens is 271 g/mol. The quantitative estimate of drug-likeness (QED) is 0.788. The summed E-state index contributed by atoms with van der Waals surface area (Å²) in [7, 11) is 2.00. The molecule has 1 fully saturated rings. The maximum absolute atomic E-state index is 12.7. The van der Waals surface area contributed by atoms with E-state index in [9.17, 15) is 18.3 Å². The predicted molar refractivity (Wildman–Crippen MR) is 67.4 cm³/mol. The maximum atomic E-state index is 12.7. The van der Waals surface area contributed by atoms with Gasteiger partial charge in [0, 0.05) is 37.4 Å². The molecule has 0 aliphatic carbocycles. The summed E-state index contributed by atoms with van der Waals surface area (Å²) in [5.74, 6) is 0.495. The monoisotopic (exact) mass is 287 g/mol. The molecule has 20 heavy (non-hydrogen) atoms. The highest BCUT2D eigenvalue weighted by Crippen LogP contribution is 2.39. The first kappa shape index (κ1) is 13.6. The van der Waals surface area contributed by atoms with Crippen LogP contribution in [0.3, 0.4) is 0 Å². The molecule has 0 aromatic carbocycles. The van der Waals surface area contributed by atoms with E-state index in [1.807, 2.05) is 11.9 Å². The zero-order chi connectivity index (χ0) is 14.5. The Kier molecular flexibility index (Phi) is 3.13. The van der Waals surface area contributed by atoms with Gasteiger partial charge in [-0.25, -0.2) is 4.98 Å². The Morgan fingerprint density at radius 1 is 1.35 bits per heavy atom. The molecule has 2 aliphatic heterocycles. The van der Waals surface area contributed by atoms with Gasteiger partial charge in [-0.2, -0.15) is 13.2 Å². The van der Waals surface area contributed by atoms with E-state index in [-0.39, 0.29) is 6.04 Å². The number of alkyl halides is 3. The molecule has 110 valence electrons. The van der Waals surface area contributed by atoms with Crippen LogP contribution in [0.4, 0.5) is 19.0 Å². The number of halogens is 3. The van der Waals surface area contributed by atoms with Crippen LogP contribution in [-0.2, 0) is 6.18 Å². The van der Waals surface area contributed by atoms with Crippen molar-refractivity contribution in [3.8, 4) is 0 Å². The van der Waals surface area contributed by atoms with E-state index in [0.717, 1.165) is 31.9 Å². The highest BCUT2D eigenvalue weighted by molar-refractivity contribution is 5.53. The van der Waals surface area contributed by atoms with Crippen LogP contribution in [0.15, 0.2) is 12.3 Å². The molecule has 4 nitrogen and oxygen atoms in total. The fourth-order valence-corrected chi connectivity index (χ4v) is 2.99. The van der Waals surface area contributed by atoms with Gasteiger partial charge in [-0.05, 0) is 19.5 Å². The number of pyridine rings is 1. The summed E-state index contributed by atoms with van der Waals surface area (Å²) in [5, 5.41) is 10.1. The van der Waals surface area contributed by atoms with E-state index in [1.54, 1.807) is 0 Å². The van der Waals surface area contributed by atoms with E-state index in [2.05, 4.69) is 9.88 Å². The van der Waals surface area contributed by atoms with Crippen LogP contribution in [0.1, 0.15) is 23.7 Å². The summed E-state index contributed by atoms with van der Waals surface area (Å²) in [5.41, 5.74) is -0.511. The van der Waals surface area contributed by atoms with Crippen molar-refractivity contribution in [3.63, 3.8) is 0 Å². The van der Waals surface area contributed by atoms with Crippen molar-refractivity contribution in [1.82, 2.24) is 9.88 Å². The molecule has 2 atom stereocenters. The summed E-state index contributed by atoms with van der Waals surface area (Å²) in [6.07, 6.45) is -4.01. The highest BCUT2D eigenvalue weighted by atomic mass is 19.4. The van der Waals surface area contributed by atoms with E-state index in [4.69, 9.17) is 0 Å². The Balaban J connectivity index is 1.99. The summed E-state index contributed by atoms with van der Waals surface area (Å²) in [6.45, 7) is 2.35. The number of aliphatic hydroxyl groups excluding tert-OH is 1. The fourth-order valence-electron chi connectivity index (χ4n) is 2.99. The molecule has 3 rings (SSSR count). The van der Waals surface area contributed by atoms with Crippen LogP contribution < -0.4 is 4.90 Å². The van der Waals surface area contributed by atoms with Crippen molar-refractivity contribution in [2.24, 2.45) is 0 Å². The summed E-state index contributed by atoms with van der Waals surface area (Å²) < 4.78 is 38.2. The second-order valence-electron chi connectivity index (χ2n) is 5.50. The van der Waals surface area contributed by atoms with Gasteiger partial charge in [0.2, 0.25) is 0 Å². The lowest BCUT2D eigenvalue weighted by molar-refractivity contribution is -0.137. The number of anilines is 1. The molecule has 0 saturated carbocycles. The number of fused-ring (bicyclic) bond motifs is 3. The summed E-state index contributed by atoms with van der Waals surface area (Å²) in [4.78, 5) is 8.14. The molecule has 0 radical (unpaired) electrons. The molecule has 1 N–H and O–H groups in total. The molecule has 2 unspecified atom stereocenters. The van der Waals surface area contributed by atoms with Crippen molar-refractivity contribution in [2.75, 3.05) is 31.6 Å². The van der Waals surface area contributed by atoms with Gasteiger partial charge in [-0.15, -0.1) is 0 Å². The van der Waals surface area contributed by atoms with Gasteiger partial charge in [0.25, 0.3) is 0 Å². The zero-order valence-corrected chi connectivity index (χ0v) is 11.1. The number of aromatic nitrogens is 1. The van der Waals surface area contributed by atoms with E-state index in [1.165, 1.54) is 0 Å². The topological polar surface area (TPSA) is 39.6 Å². The average molecular weight is 287 g/mol. The number of aliphatic hydroxyl groups is 1. The van der Waals surface area contributed by atoms with Crippen LogP contribution in [0.25, 0.3) is 0 Å². The number of rotatable bonds is 0. The van der Waals surface area contributed by atoms with Gasteiger partial charge in [-0.3, -0.25) is 0 Å². The first-order valence-electron chi connectivity index (χ1n) is 6.56. The highest BCUT2D eigenvalue weighted by Gasteiger charge is 2.38. The second-order valence-corrected chi connectivity index (χ2v) is 5.50.